The van der Waals surface area contributed by atoms with Crippen molar-refractivity contribution in [1.29, 1.82) is 0 Å². The topological polar surface area (TPSA) is 447 Å². The lowest BCUT2D eigenvalue weighted by atomic mass is 9.96. The molecule has 264 valence electrons. The minimum Gasteiger partial charge on any atom is -0.343 e. The van der Waals surface area contributed by atoms with Gasteiger partial charge in [0, 0.05) is 0 Å². The van der Waals surface area contributed by atoms with E-state index in [0.29, 0.717) is 0 Å². The van der Waals surface area contributed by atoms with Crippen molar-refractivity contribution in [3.63, 3.8) is 0 Å². The largest absolute Gasteiger partial charge is 0.343 e. The number of hydrogen-bond donors (Lipinski definition) is 0. The van der Waals surface area contributed by atoms with Gasteiger partial charge in [0.05, 0.1) is 0 Å². The standard InChI is InChI=1S/C12H14N8O27/c21-13(22)37-1-3-5(7(43-16(27)28)10(46-19(33)34)12(40-3)47-20(35)36)41-11-9(45-18(31)32)8(44-17(29)30)6(42-15(25)26)4(39-11)2-38-14(23)24/h3-12H,1-2H2/t3-,4-,5-,6-,7+,8+,9-,10-,11-,12+/m1/s1. The van der Waals surface area contributed by atoms with Crippen LogP contribution in [-0.2, 0) is 52.9 Å². The summed E-state index contributed by atoms with van der Waals surface area (Å²) in [6, 6.07) is 0. The van der Waals surface area contributed by atoms with Crippen LogP contribution in [0.5, 0.6) is 0 Å². The zero-order chi connectivity index (χ0) is 35.6. The Morgan fingerprint density at radius 1 is 0.383 bits per heavy atom. The van der Waals surface area contributed by atoms with Gasteiger partial charge in [0.1, 0.15) is 31.5 Å². The molecule has 47 heavy (non-hydrogen) atoms. The van der Waals surface area contributed by atoms with Gasteiger partial charge in [-0.15, -0.1) is 80.9 Å². The van der Waals surface area contributed by atoms with Gasteiger partial charge >= 0.3 is 0 Å². The third kappa shape index (κ3) is 10.9. The molecule has 0 unspecified atom stereocenters. The van der Waals surface area contributed by atoms with Gasteiger partial charge in [0.15, 0.2) is 36.8 Å². The van der Waals surface area contributed by atoms with E-state index in [9.17, 15) is 80.9 Å². The first-order chi connectivity index (χ1) is 21.9. The van der Waals surface area contributed by atoms with Crippen LogP contribution in [0.3, 0.4) is 0 Å². The molecule has 0 aromatic heterocycles. The molecule has 2 fully saturated rings. The molecule has 0 aromatic carbocycles. The molecule has 2 saturated heterocycles. The lowest BCUT2D eigenvalue weighted by Crippen LogP contribution is -2.67. The summed E-state index contributed by atoms with van der Waals surface area (Å²) in [6.07, 6.45) is -26.5. The maximum atomic E-state index is 11.3. The zero-order valence-electron chi connectivity index (χ0n) is 21.8. The molecule has 35 nitrogen and oxygen atoms in total. The Morgan fingerprint density at radius 3 is 1.11 bits per heavy atom. The lowest BCUT2D eigenvalue weighted by molar-refractivity contribution is -0.832. The molecule has 2 aliphatic rings. The highest BCUT2D eigenvalue weighted by molar-refractivity contribution is 4.95. The molecule has 2 heterocycles. The van der Waals surface area contributed by atoms with Crippen molar-refractivity contribution in [2.75, 3.05) is 13.2 Å². The van der Waals surface area contributed by atoms with E-state index >= 15 is 0 Å². The first kappa shape index (κ1) is 36.7. The van der Waals surface area contributed by atoms with E-state index in [1.807, 2.05) is 0 Å². The van der Waals surface area contributed by atoms with E-state index in [-0.39, 0.29) is 0 Å². The Morgan fingerprint density at radius 2 is 0.702 bits per heavy atom. The Labute approximate surface area is 250 Å². The maximum absolute atomic E-state index is 11.3. The van der Waals surface area contributed by atoms with Crippen molar-refractivity contribution < 1.29 is 93.6 Å². The smallest absolute Gasteiger partial charge is 0.297 e. The third-order valence-electron chi connectivity index (χ3n) is 5.39. The molecule has 0 saturated carbocycles. The fraction of sp³-hybridized carbons (Fsp3) is 1.00. The van der Waals surface area contributed by atoms with Crippen LogP contribution < -0.4 is 0 Å². The Hall–Kier alpha value is -6.52. The molecule has 2 rings (SSSR count). The minimum absolute atomic E-state index is 1.47. The van der Waals surface area contributed by atoms with Crippen LogP contribution in [0.4, 0.5) is 0 Å². The van der Waals surface area contributed by atoms with E-state index in [1.165, 1.54) is 0 Å². The van der Waals surface area contributed by atoms with Crippen LogP contribution in [0.1, 0.15) is 0 Å². The third-order valence-corrected chi connectivity index (χ3v) is 5.39. The summed E-state index contributed by atoms with van der Waals surface area (Å²) in [5.41, 5.74) is 0. The Kier molecular flexibility index (Phi) is 12.5. The molecule has 35 heteroatoms. The van der Waals surface area contributed by atoms with Crippen molar-refractivity contribution in [1.82, 2.24) is 0 Å². The van der Waals surface area contributed by atoms with Gasteiger partial charge in [-0.1, -0.05) is 0 Å². The van der Waals surface area contributed by atoms with Gasteiger partial charge < -0.3 is 48.1 Å². The van der Waals surface area contributed by atoms with Crippen LogP contribution in [-0.4, -0.2) is 115 Å². The van der Waals surface area contributed by atoms with Crippen molar-refractivity contribution >= 4 is 0 Å². The highest BCUT2D eigenvalue weighted by Crippen LogP contribution is 2.35. The molecule has 0 N–H and O–H groups in total. The maximum Gasteiger partial charge on any atom is 0.297 e. The molecule has 0 aromatic rings. The summed E-state index contributed by atoms with van der Waals surface area (Å²) in [7, 11) is 0. The van der Waals surface area contributed by atoms with Crippen molar-refractivity contribution in [3.05, 3.63) is 80.9 Å². The fourth-order valence-corrected chi connectivity index (χ4v) is 3.98. The van der Waals surface area contributed by atoms with E-state index in [1.54, 1.807) is 0 Å². The monoisotopic (exact) mass is 702 g/mol. The molecule has 0 aliphatic carbocycles. The van der Waals surface area contributed by atoms with Crippen LogP contribution >= 0.6 is 0 Å². The summed E-state index contributed by atoms with van der Waals surface area (Å²) in [5.74, 6) is 0. The predicted molar refractivity (Wildman–Crippen MR) is 116 cm³/mol. The first-order valence-corrected chi connectivity index (χ1v) is 11.3. The van der Waals surface area contributed by atoms with Crippen LogP contribution in [0.25, 0.3) is 0 Å². The fourth-order valence-electron chi connectivity index (χ4n) is 3.98. The van der Waals surface area contributed by atoms with Crippen LogP contribution in [0, 0.1) is 80.9 Å². The second-order valence-corrected chi connectivity index (χ2v) is 8.02. The Bertz CT molecular complexity index is 1220. The van der Waals surface area contributed by atoms with Crippen LogP contribution in [0.15, 0.2) is 0 Å². The minimum atomic E-state index is -2.80. The average Bonchev–Trinajstić information content (AvgIpc) is 2.91. The second-order valence-electron chi connectivity index (χ2n) is 8.02. The van der Waals surface area contributed by atoms with E-state index < -0.39 is 115 Å². The van der Waals surface area contributed by atoms with Crippen molar-refractivity contribution in [2.24, 2.45) is 0 Å². The number of rotatable bonds is 20. The van der Waals surface area contributed by atoms with Crippen molar-refractivity contribution in [3.8, 4) is 0 Å². The van der Waals surface area contributed by atoms with E-state index in [0.717, 1.165) is 0 Å². The van der Waals surface area contributed by atoms with E-state index in [2.05, 4.69) is 38.7 Å². The Balaban J connectivity index is 2.73. The summed E-state index contributed by atoms with van der Waals surface area (Å²) < 4.78 is 15.4. The normalized spacial score (nSPS) is 29.9. The molecular formula is C12H14N8O27. The molecular weight excluding hydrogens is 688 g/mol. The predicted octanol–water partition coefficient (Wildman–Crippen LogP) is -3.67. The molecule has 0 radical (unpaired) electrons. The van der Waals surface area contributed by atoms with Gasteiger partial charge in [0.25, 0.3) is 40.7 Å². The van der Waals surface area contributed by atoms with Gasteiger partial charge in [-0.2, -0.15) is 0 Å². The van der Waals surface area contributed by atoms with E-state index in [4.69, 9.17) is 14.2 Å². The molecule has 0 amide bonds. The lowest BCUT2D eigenvalue weighted by Gasteiger charge is -2.47. The average molecular weight is 702 g/mol. The summed E-state index contributed by atoms with van der Waals surface area (Å²) in [6.45, 7) is -2.95. The second kappa shape index (κ2) is 16.0. The number of hydrogen-bond acceptors (Lipinski definition) is 27. The summed E-state index contributed by atoms with van der Waals surface area (Å²) >= 11 is 0. The highest BCUT2D eigenvalue weighted by Gasteiger charge is 2.58. The quantitative estimate of drug-likeness (QED) is 0.0870. The van der Waals surface area contributed by atoms with Gasteiger partial charge in [-0.05, 0) is 0 Å². The van der Waals surface area contributed by atoms with Crippen LogP contribution in [0.2, 0.25) is 0 Å². The summed E-state index contributed by atoms with van der Waals surface area (Å²) in [4.78, 5) is 122. The molecule has 2 aliphatic heterocycles. The number of ether oxygens (including phenoxy) is 3. The molecule has 0 bridgehead atoms. The van der Waals surface area contributed by atoms with Crippen molar-refractivity contribution in [2.45, 2.75) is 61.4 Å². The highest BCUT2D eigenvalue weighted by atomic mass is 17.0. The molecule has 10 atom stereocenters. The van der Waals surface area contributed by atoms with Gasteiger partial charge in [-0.3, -0.25) is 4.84 Å². The summed E-state index contributed by atoms with van der Waals surface area (Å²) in [5, 5.41) is 75.3. The molecule has 0 spiro atoms. The number of nitrogens with zero attached hydrogens (tertiary/aromatic N) is 8. The zero-order valence-corrected chi connectivity index (χ0v) is 21.8. The SMILES string of the molecule is O=[N+]([O-])OC[C@H]1O[C@@H](O[N+](=O)[O-])[C@H](O[N+](=O)[O-])[C@@H](O[N+](=O)[O-])[C@@H]1O[C@H]1O[C@H](CO[N+](=O)[O-])[C@@H](O[N+](=O)[O-])[C@H](O[N+](=O)[O-])[C@H]1O[N+](=O)[O-]. The first-order valence-electron chi connectivity index (χ1n) is 11.3. The van der Waals surface area contributed by atoms with Gasteiger partial charge in [-0.25, -0.2) is 0 Å². The van der Waals surface area contributed by atoms with Gasteiger partial charge in [0.2, 0.25) is 6.29 Å².